The van der Waals surface area contributed by atoms with Gasteiger partial charge in [-0.25, -0.2) is 13.8 Å². The quantitative estimate of drug-likeness (QED) is 0.280. The number of aliphatic hydroxyl groups is 1. The molecule has 0 bridgehead atoms. The van der Waals surface area contributed by atoms with E-state index in [1.165, 1.54) is 12.3 Å². The third-order valence-electron chi connectivity index (χ3n) is 6.70. The van der Waals surface area contributed by atoms with Crippen molar-refractivity contribution >= 4 is 35.1 Å². The number of aromatic nitrogens is 2. The van der Waals surface area contributed by atoms with E-state index in [0.29, 0.717) is 5.39 Å². The maximum atomic E-state index is 15.7. The zero-order valence-corrected chi connectivity index (χ0v) is 21.7. The summed E-state index contributed by atoms with van der Waals surface area (Å²) >= 11 is 3.43. The Morgan fingerprint density at radius 1 is 1.06 bits per heavy atom. The Bertz CT molecular complexity index is 1180. The lowest BCUT2D eigenvalue weighted by Gasteiger charge is -2.44. The van der Waals surface area contributed by atoms with Gasteiger partial charge in [0, 0.05) is 27.2 Å². The number of aliphatic hydroxyl groups excluding tert-OH is 1. The van der Waals surface area contributed by atoms with Crippen LogP contribution in [-0.2, 0) is 0 Å². The minimum Gasteiger partial charge on any atom is -0.383 e. The molecule has 0 spiro atoms. The summed E-state index contributed by atoms with van der Waals surface area (Å²) in [6.45, 7) is 12.9. The molecule has 2 aromatic heterocycles. The fourth-order valence-corrected chi connectivity index (χ4v) is 12.9. The van der Waals surface area contributed by atoms with Crippen LogP contribution in [0, 0.1) is 23.0 Å². The topological polar surface area (TPSA) is 61.8 Å². The smallest absolute Gasteiger partial charge is 0.182 e. The van der Waals surface area contributed by atoms with Crippen LogP contribution in [0.4, 0.5) is 8.78 Å². The number of nitriles is 1. The summed E-state index contributed by atoms with van der Waals surface area (Å²) in [4.78, 5) is 3.93. The van der Waals surface area contributed by atoms with Crippen molar-refractivity contribution in [2.24, 2.45) is 0 Å². The van der Waals surface area contributed by atoms with Crippen LogP contribution in [0.15, 0.2) is 35.1 Å². The minimum absolute atomic E-state index is 0.0322. The van der Waals surface area contributed by atoms with Gasteiger partial charge >= 0.3 is 0 Å². The summed E-state index contributed by atoms with van der Waals surface area (Å²) < 4.78 is 33.6. The molecule has 0 amide bonds. The van der Waals surface area contributed by atoms with E-state index in [-0.39, 0.29) is 43.4 Å². The van der Waals surface area contributed by atoms with Gasteiger partial charge in [-0.15, -0.1) is 0 Å². The van der Waals surface area contributed by atoms with E-state index >= 15 is 8.78 Å². The van der Waals surface area contributed by atoms with Gasteiger partial charge < -0.3 is 9.34 Å². The fourth-order valence-electron chi connectivity index (χ4n) is 5.58. The molecular weight excluding hydrogens is 492 g/mol. The van der Waals surface area contributed by atoms with Gasteiger partial charge in [0.25, 0.3) is 0 Å². The van der Waals surface area contributed by atoms with Gasteiger partial charge in [0.15, 0.2) is 19.9 Å². The van der Waals surface area contributed by atoms with Crippen molar-refractivity contribution < 1.29 is 13.9 Å². The fraction of sp³-hybridized carbons (Fsp3) is 0.417. The Morgan fingerprint density at radius 2 is 1.66 bits per heavy atom. The van der Waals surface area contributed by atoms with E-state index in [1.54, 1.807) is 12.1 Å². The van der Waals surface area contributed by atoms with Crippen molar-refractivity contribution in [2.45, 2.75) is 64.3 Å². The van der Waals surface area contributed by atoms with Crippen molar-refractivity contribution in [3.05, 3.63) is 63.5 Å². The van der Waals surface area contributed by atoms with Crippen LogP contribution in [0.2, 0.25) is 16.6 Å². The maximum absolute atomic E-state index is 15.7. The predicted molar refractivity (Wildman–Crippen MR) is 129 cm³/mol. The van der Waals surface area contributed by atoms with E-state index in [9.17, 15) is 10.4 Å². The van der Waals surface area contributed by atoms with Crippen molar-refractivity contribution in [1.29, 1.82) is 5.26 Å². The molecule has 32 heavy (non-hydrogen) atoms. The monoisotopic (exact) mass is 519 g/mol. The zero-order chi connectivity index (χ0) is 24.0. The highest BCUT2D eigenvalue weighted by atomic mass is 79.9. The first-order valence-electron chi connectivity index (χ1n) is 10.7. The van der Waals surface area contributed by atoms with Crippen LogP contribution in [-0.4, -0.2) is 22.6 Å². The molecule has 4 nitrogen and oxygen atoms in total. The highest BCUT2D eigenvalue weighted by Crippen LogP contribution is 2.47. The zero-order valence-electron chi connectivity index (χ0n) is 19.1. The van der Waals surface area contributed by atoms with Gasteiger partial charge in [0.2, 0.25) is 0 Å². The van der Waals surface area contributed by atoms with Crippen molar-refractivity contribution in [2.75, 3.05) is 0 Å². The lowest BCUT2D eigenvalue weighted by atomic mass is 9.98. The van der Waals surface area contributed by atoms with E-state index < -0.39 is 26.0 Å². The molecule has 0 aliphatic carbocycles. The Kier molecular flexibility index (Phi) is 6.94. The summed E-state index contributed by atoms with van der Waals surface area (Å²) in [5.41, 5.74) is 0.954. The van der Waals surface area contributed by atoms with Gasteiger partial charge in [-0.3, -0.25) is 0 Å². The molecule has 0 saturated heterocycles. The summed E-state index contributed by atoms with van der Waals surface area (Å²) in [6, 6.07) is 6.71. The second-order valence-electron chi connectivity index (χ2n) is 9.11. The molecule has 8 heteroatoms. The van der Waals surface area contributed by atoms with Crippen LogP contribution in [0.3, 0.4) is 0 Å². The summed E-state index contributed by atoms with van der Waals surface area (Å²) in [5, 5.41) is 20.8. The molecule has 0 fully saturated rings. The largest absolute Gasteiger partial charge is 0.383 e. The number of halogens is 3. The normalized spacial score (nSPS) is 13.4. The van der Waals surface area contributed by atoms with Gasteiger partial charge in [0.05, 0.1) is 5.52 Å². The second-order valence-corrected chi connectivity index (χ2v) is 15.6. The molecule has 3 rings (SSSR count). The molecule has 0 saturated carbocycles. The van der Waals surface area contributed by atoms with E-state index in [2.05, 4.69) is 62.5 Å². The van der Waals surface area contributed by atoms with Crippen molar-refractivity contribution in [3.8, 4) is 6.07 Å². The lowest BCUT2D eigenvalue weighted by molar-refractivity contribution is 0.212. The molecule has 170 valence electrons. The summed E-state index contributed by atoms with van der Waals surface area (Å²) in [5.74, 6) is -2.10. The molecule has 1 atom stereocenters. The minimum atomic E-state index is -2.34. The lowest BCUT2D eigenvalue weighted by Crippen LogP contribution is -2.51. The summed E-state index contributed by atoms with van der Waals surface area (Å²) in [6.07, 6.45) is 1.74. The Hall–Kier alpha value is -2.08. The van der Waals surface area contributed by atoms with E-state index in [1.807, 2.05) is 16.5 Å². The van der Waals surface area contributed by atoms with Crippen molar-refractivity contribution in [3.63, 3.8) is 0 Å². The van der Waals surface area contributed by atoms with E-state index in [0.717, 1.165) is 0 Å². The second kappa shape index (κ2) is 9.04. The molecule has 0 aliphatic heterocycles. The van der Waals surface area contributed by atoms with Crippen LogP contribution in [0.5, 0.6) is 0 Å². The number of benzene rings is 1. The Labute approximate surface area is 197 Å². The summed E-state index contributed by atoms with van der Waals surface area (Å²) in [7, 11) is -2.34. The third-order valence-corrected chi connectivity index (χ3v) is 14.3. The number of nitrogens with zero attached hydrogens (tertiary/aromatic N) is 3. The maximum Gasteiger partial charge on any atom is 0.182 e. The number of pyridine rings is 1. The van der Waals surface area contributed by atoms with Crippen LogP contribution >= 0.6 is 15.9 Å². The van der Waals surface area contributed by atoms with E-state index in [4.69, 9.17) is 0 Å². The SMILES string of the molecule is CC(C)[Si](C(C)C)(C(C)C)n1ccc2c(Br)c(C(O)c3cccnc3C#N)c(F)c(F)c21. The molecular formula is C24H28BrF2N3OSi. The average Bonchev–Trinajstić information content (AvgIpc) is 3.17. The highest BCUT2D eigenvalue weighted by Gasteiger charge is 2.46. The number of fused-ring (bicyclic) bond motifs is 1. The molecule has 3 aromatic rings. The predicted octanol–water partition coefficient (Wildman–Crippen LogP) is 7.05. The number of rotatable bonds is 6. The highest BCUT2D eigenvalue weighted by molar-refractivity contribution is 9.10. The molecule has 1 unspecified atom stereocenters. The number of hydrogen-bond donors (Lipinski definition) is 1. The first-order valence-corrected chi connectivity index (χ1v) is 13.7. The molecule has 2 heterocycles. The van der Waals surface area contributed by atoms with Gasteiger partial charge in [0.1, 0.15) is 17.9 Å². The van der Waals surface area contributed by atoms with Crippen LogP contribution in [0.25, 0.3) is 10.9 Å². The Balaban J connectivity index is 2.36. The standard InChI is InChI=1S/C24H28BrF2N3OSi/c1-13(2)32(14(3)4,15(5)6)30-11-9-17-20(25)19(21(26)22(27)23(17)30)24(31)16-8-7-10-29-18(16)12-28/h7-11,13-15,24,31H,1-6H3. The molecule has 1 aromatic carbocycles. The third kappa shape index (κ3) is 3.51. The van der Waals surface area contributed by atoms with Gasteiger partial charge in [-0.05, 0) is 50.9 Å². The van der Waals surface area contributed by atoms with Crippen LogP contribution < -0.4 is 0 Å². The first kappa shape index (κ1) is 24.6. The molecule has 0 radical (unpaired) electrons. The molecule has 0 aliphatic rings. The van der Waals surface area contributed by atoms with Gasteiger partial charge in [-0.2, -0.15) is 5.26 Å². The number of hydrogen-bond acceptors (Lipinski definition) is 3. The van der Waals surface area contributed by atoms with Crippen molar-refractivity contribution in [1.82, 2.24) is 9.22 Å². The van der Waals surface area contributed by atoms with Gasteiger partial charge in [-0.1, -0.05) is 47.6 Å². The first-order chi connectivity index (χ1) is 15.0. The van der Waals surface area contributed by atoms with Crippen LogP contribution in [0.1, 0.15) is 64.5 Å². The Morgan fingerprint density at radius 3 is 2.19 bits per heavy atom. The molecule has 1 N–H and O–H groups in total. The average molecular weight is 520 g/mol.